The average Bonchev–Trinajstić information content (AvgIpc) is 2.80. The van der Waals surface area contributed by atoms with Crippen LogP contribution in [0.5, 0.6) is 11.5 Å². The van der Waals surface area contributed by atoms with Gasteiger partial charge in [-0.15, -0.1) is 6.58 Å². The zero-order chi connectivity index (χ0) is 23.7. The Bertz CT molecular complexity index is 1020. The molecule has 0 aliphatic rings. The average molecular weight is 441 g/mol. The second-order valence-corrected chi connectivity index (χ2v) is 6.46. The van der Waals surface area contributed by atoms with Crippen molar-refractivity contribution in [2.45, 2.75) is 13.0 Å². The minimum Gasteiger partial charge on any atom is -0.493 e. The number of carbonyl (C=O) groups is 2. The first-order valence-corrected chi connectivity index (χ1v) is 9.40. The molecule has 0 heterocycles. The molecular weight excluding hydrogens is 418 g/mol. The molecule has 9 heteroatoms. The molecule has 0 unspecified atom stereocenters. The summed E-state index contributed by atoms with van der Waals surface area (Å²) < 4.78 is 20.7. The summed E-state index contributed by atoms with van der Waals surface area (Å²) in [5.41, 5.74) is 1.63. The van der Waals surface area contributed by atoms with Crippen molar-refractivity contribution >= 4 is 23.7 Å². The molecule has 2 rings (SSSR count). The summed E-state index contributed by atoms with van der Waals surface area (Å²) in [5, 5.41) is 10.8. The van der Waals surface area contributed by atoms with Gasteiger partial charge >= 0.3 is 11.9 Å². The van der Waals surface area contributed by atoms with E-state index in [9.17, 15) is 19.7 Å². The largest absolute Gasteiger partial charge is 0.493 e. The lowest BCUT2D eigenvalue weighted by Crippen LogP contribution is -2.15. The maximum absolute atomic E-state index is 12.0. The Kier molecular flexibility index (Phi) is 8.53. The van der Waals surface area contributed by atoms with Crippen LogP contribution in [0.2, 0.25) is 0 Å². The van der Waals surface area contributed by atoms with Gasteiger partial charge in [-0.1, -0.05) is 6.08 Å². The van der Waals surface area contributed by atoms with Crippen LogP contribution in [0.15, 0.2) is 54.6 Å². The molecular formula is C23H23NO8. The number of benzene rings is 2. The lowest BCUT2D eigenvalue weighted by molar-refractivity contribution is -0.384. The predicted molar refractivity (Wildman–Crippen MR) is 116 cm³/mol. The van der Waals surface area contributed by atoms with E-state index in [0.717, 1.165) is 19.8 Å². The van der Waals surface area contributed by atoms with Crippen molar-refractivity contribution in [1.82, 2.24) is 0 Å². The first-order valence-electron chi connectivity index (χ1n) is 9.40. The molecule has 168 valence electrons. The van der Waals surface area contributed by atoms with E-state index in [1.165, 1.54) is 25.3 Å². The normalized spacial score (nSPS) is 9.97. The van der Waals surface area contributed by atoms with Crippen LogP contribution in [-0.4, -0.2) is 38.2 Å². The summed E-state index contributed by atoms with van der Waals surface area (Å²) in [5.74, 6) is -0.855. The SMILES string of the molecule is C=CCc1cc(C=C(C(=O)OC)C(=O)OC)cc(OC)c1OCc1ccc([N+](=O)[O-])cc1. The molecule has 9 nitrogen and oxygen atoms in total. The van der Waals surface area contributed by atoms with Crippen LogP contribution < -0.4 is 9.47 Å². The Hall–Kier alpha value is -4.14. The molecule has 0 aliphatic carbocycles. The van der Waals surface area contributed by atoms with Gasteiger partial charge in [0.15, 0.2) is 11.5 Å². The highest BCUT2D eigenvalue weighted by molar-refractivity contribution is 6.17. The number of allylic oxidation sites excluding steroid dienone is 1. The van der Waals surface area contributed by atoms with Gasteiger partial charge in [-0.3, -0.25) is 10.1 Å². The number of nitro benzene ring substituents is 1. The molecule has 32 heavy (non-hydrogen) atoms. The third-order valence-corrected chi connectivity index (χ3v) is 4.39. The van der Waals surface area contributed by atoms with Crippen LogP contribution >= 0.6 is 0 Å². The van der Waals surface area contributed by atoms with Gasteiger partial charge in [0.25, 0.3) is 5.69 Å². The first kappa shape index (κ1) is 24.1. The number of nitro groups is 1. The zero-order valence-electron chi connectivity index (χ0n) is 18.0. The van der Waals surface area contributed by atoms with E-state index in [1.807, 2.05) is 0 Å². The van der Waals surface area contributed by atoms with Crippen molar-refractivity contribution in [3.63, 3.8) is 0 Å². The number of non-ortho nitro benzene ring substituents is 1. The Morgan fingerprint density at radius 2 is 1.69 bits per heavy atom. The topological polar surface area (TPSA) is 114 Å². The van der Waals surface area contributed by atoms with E-state index >= 15 is 0 Å². The van der Waals surface area contributed by atoms with Crippen molar-refractivity contribution in [1.29, 1.82) is 0 Å². The molecule has 0 N–H and O–H groups in total. The van der Waals surface area contributed by atoms with Crippen LogP contribution in [-0.2, 0) is 32.1 Å². The van der Waals surface area contributed by atoms with Crippen molar-refractivity contribution in [3.8, 4) is 11.5 Å². The van der Waals surface area contributed by atoms with Crippen molar-refractivity contribution in [2.75, 3.05) is 21.3 Å². The number of hydrogen-bond acceptors (Lipinski definition) is 8. The van der Waals surface area contributed by atoms with Gasteiger partial charge in [-0.2, -0.15) is 0 Å². The second kappa shape index (κ2) is 11.3. The van der Waals surface area contributed by atoms with E-state index < -0.39 is 16.9 Å². The van der Waals surface area contributed by atoms with Crippen molar-refractivity contribution < 1.29 is 33.5 Å². The lowest BCUT2D eigenvalue weighted by atomic mass is 10.0. The third kappa shape index (κ3) is 5.94. The standard InChI is InChI=1S/C23H23NO8/c1-5-6-17-11-16(12-19(22(25)30-3)23(26)31-4)13-20(29-2)21(17)32-14-15-7-9-18(10-8-15)24(27)28/h5,7-13H,1,6,14H2,2-4H3. The number of nitrogens with zero attached hydrogens (tertiary/aromatic N) is 1. The van der Waals surface area contributed by atoms with E-state index in [-0.39, 0.29) is 17.9 Å². The van der Waals surface area contributed by atoms with Gasteiger partial charge in [-0.05, 0) is 47.9 Å². The first-order chi connectivity index (χ1) is 15.3. The number of carbonyl (C=O) groups excluding carboxylic acids is 2. The maximum Gasteiger partial charge on any atom is 0.345 e. The number of rotatable bonds is 10. The van der Waals surface area contributed by atoms with Crippen LogP contribution in [0.25, 0.3) is 6.08 Å². The fourth-order valence-electron chi connectivity index (χ4n) is 2.85. The summed E-state index contributed by atoms with van der Waals surface area (Å²) >= 11 is 0. The van der Waals surface area contributed by atoms with Crippen molar-refractivity contribution in [2.24, 2.45) is 0 Å². The number of methoxy groups -OCH3 is 3. The summed E-state index contributed by atoms with van der Waals surface area (Å²) in [6.07, 6.45) is 3.43. The highest BCUT2D eigenvalue weighted by Crippen LogP contribution is 2.35. The van der Waals surface area contributed by atoms with Gasteiger partial charge in [0.2, 0.25) is 0 Å². The smallest absolute Gasteiger partial charge is 0.345 e. The van der Waals surface area contributed by atoms with Crippen LogP contribution in [0.3, 0.4) is 0 Å². The van der Waals surface area contributed by atoms with E-state index in [0.29, 0.717) is 29.0 Å². The predicted octanol–water partition coefficient (Wildman–Crippen LogP) is 3.64. The molecule has 2 aromatic carbocycles. The minimum absolute atomic E-state index is 0.0122. The van der Waals surface area contributed by atoms with Crippen molar-refractivity contribution in [3.05, 3.63) is 81.4 Å². The molecule has 0 bridgehead atoms. The molecule has 0 radical (unpaired) electrons. The summed E-state index contributed by atoms with van der Waals surface area (Å²) in [6.45, 7) is 3.89. The van der Waals surface area contributed by atoms with Gasteiger partial charge < -0.3 is 18.9 Å². The number of hydrogen-bond donors (Lipinski definition) is 0. The minimum atomic E-state index is -0.834. The van der Waals surface area contributed by atoms with Gasteiger partial charge in [0.1, 0.15) is 12.2 Å². The lowest BCUT2D eigenvalue weighted by Gasteiger charge is -2.16. The van der Waals surface area contributed by atoms with Crippen LogP contribution in [0.4, 0.5) is 5.69 Å². The second-order valence-electron chi connectivity index (χ2n) is 6.46. The zero-order valence-corrected chi connectivity index (χ0v) is 18.0. The summed E-state index contributed by atoms with van der Waals surface area (Å²) in [7, 11) is 3.79. The van der Waals surface area contributed by atoms with Crippen LogP contribution in [0.1, 0.15) is 16.7 Å². The molecule has 0 aliphatic heterocycles. The molecule has 2 aromatic rings. The molecule has 0 atom stereocenters. The number of esters is 2. The molecule has 0 amide bonds. The molecule has 0 spiro atoms. The number of ether oxygens (including phenoxy) is 4. The maximum atomic E-state index is 12.0. The summed E-state index contributed by atoms with van der Waals surface area (Å²) in [6, 6.07) is 9.33. The Balaban J connectivity index is 2.42. The van der Waals surface area contributed by atoms with E-state index in [1.54, 1.807) is 30.3 Å². The van der Waals surface area contributed by atoms with E-state index in [4.69, 9.17) is 9.47 Å². The highest BCUT2D eigenvalue weighted by Gasteiger charge is 2.21. The summed E-state index contributed by atoms with van der Waals surface area (Å²) in [4.78, 5) is 34.3. The fraction of sp³-hybridized carbons (Fsp3) is 0.217. The Morgan fingerprint density at radius 3 is 2.19 bits per heavy atom. The van der Waals surface area contributed by atoms with E-state index in [2.05, 4.69) is 16.1 Å². The van der Waals surface area contributed by atoms with Crippen LogP contribution in [0, 0.1) is 10.1 Å². The van der Waals surface area contributed by atoms with Gasteiger partial charge in [0.05, 0.1) is 26.3 Å². The van der Waals surface area contributed by atoms with Gasteiger partial charge in [0, 0.05) is 17.7 Å². The van der Waals surface area contributed by atoms with Gasteiger partial charge in [-0.25, -0.2) is 9.59 Å². The quantitative estimate of drug-likeness (QED) is 0.104. The molecule has 0 saturated heterocycles. The fourth-order valence-corrected chi connectivity index (χ4v) is 2.85. The monoisotopic (exact) mass is 441 g/mol. The Labute approximate surface area is 185 Å². The Morgan fingerprint density at radius 1 is 1.06 bits per heavy atom. The molecule has 0 aromatic heterocycles. The third-order valence-electron chi connectivity index (χ3n) is 4.39. The highest BCUT2D eigenvalue weighted by atomic mass is 16.6. The molecule has 0 fully saturated rings. The molecule has 0 saturated carbocycles.